The van der Waals surface area contributed by atoms with Gasteiger partial charge in [-0.15, -0.1) is 0 Å². The lowest BCUT2D eigenvalue weighted by molar-refractivity contribution is -0.122. The van der Waals surface area contributed by atoms with Crippen molar-refractivity contribution in [3.05, 3.63) is 52.0 Å². The molecule has 2 rings (SSSR count). The van der Waals surface area contributed by atoms with Crippen molar-refractivity contribution in [3.63, 3.8) is 0 Å². The second kappa shape index (κ2) is 6.83. The van der Waals surface area contributed by atoms with Gasteiger partial charge in [0.2, 0.25) is 0 Å². The number of carbonyl (C=O) groups is 1. The zero-order valence-corrected chi connectivity index (χ0v) is 13.6. The second-order valence-corrected chi connectivity index (χ2v) is 5.68. The van der Waals surface area contributed by atoms with Gasteiger partial charge in [0, 0.05) is 5.69 Å². The van der Waals surface area contributed by atoms with Crippen LogP contribution in [0.4, 0.5) is 11.4 Å². The molecule has 1 amide bonds. The van der Waals surface area contributed by atoms with Gasteiger partial charge in [-0.25, -0.2) is 0 Å². The number of nitrogens with one attached hydrogen (secondary N) is 1. The van der Waals surface area contributed by atoms with Crippen molar-refractivity contribution in [2.75, 3.05) is 11.1 Å². The second-order valence-electron chi connectivity index (χ2n) is 4.42. The van der Waals surface area contributed by atoms with Crippen molar-refractivity contribution in [2.24, 2.45) is 0 Å². The summed E-state index contributed by atoms with van der Waals surface area (Å²) in [7, 11) is 0. The van der Waals surface area contributed by atoms with Crippen LogP contribution in [0.2, 0.25) is 5.02 Å². The van der Waals surface area contributed by atoms with Crippen molar-refractivity contribution in [1.82, 2.24) is 0 Å². The smallest absolute Gasteiger partial charge is 0.265 e. The summed E-state index contributed by atoms with van der Waals surface area (Å²) < 4.78 is 6.40. The van der Waals surface area contributed by atoms with Gasteiger partial charge in [0.05, 0.1) is 15.2 Å². The van der Waals surface area contributed by atoms with Crippen molar-refractivity contribution < 1.29 is 9.53 Å². The molecule has 1 unspecified atom stereocenters. The lowest BCUT2D eigenvalue weighted by Crippen LogP contribution is -2.30. The number of halogens is 2. The molecular formula is C15H14BrClN2O2. The molecule has 0 spiro atoms. The van der Waals surface area contributed by atoms with Gasteiger partial charge in [0.15, 0.2) is 6.10 Å². The summed E-state index contributed by atoms with van der Waals surface area (Å²) in [5, 5.41) is 3.10. The van der Waals surface area contributed by atoms with Crippen LogP contribution in [0.15, 0.2) is 46.9 Å². The maximum absolute atomic E-state index is 12.1. The summed E-state index contributed by atoms with van der Waals surface area (Å²) >= 11 is 9.39. The number of nitrogens with two attached hydrogens (primary N) is 1. The van der Waals surface area contributed by atoms with Gasteiger partial charge in [-0.2, -0.15) is 0 Å². The maximum atomic E-state index is 12.1. The molecule has 110 valence electrons. The zero-order valence-electron chi connectivity index (χ0n) is 11.3. The zero-order chi connectivity index (χ0) is 15.4. The third-order valence-electron chi connectivity index (χ3n) is 2.76. The number of amides is 1. The highest BCUT2D eigenvalue weighted by Crippen LogP contribution is 2.26. The van der Waals surface area contributed by atoms with Crippen LogP contribution in [-0.4, -0.2) is 12.0 Å². The number of ether oxygens (including phenoxy) is 1. The van der Waals surface area contributed by atoms with Crippen molar-refractivity contribution in [1.29, 1.82) is 0 Å². The van der Waals surface area contributed by atoms with E-state index in [1.165, 1.54) is 0 Å². The fraction of sp³-hybridized carbons (Fsp3) is 0.133. The predicted octanol–water partition coefficient (Wildman–Crippen LogP) is 4.09. The maximum Gasteiger partial charge on any atom is 0.265 e. The molecule has 1 atom stereocenters. The first kappa shape index (κ1) is 15.7. The molecule has 4 nitrogen and oxygen atoms in total. The lowest BCUT2D eigenvalue weighted by atomic mass is 10.2. The Labute approximate surface area is 136 Å². The third kappa shape index (κ3) is 4.12. The molecule has 21 heavy (non-hydrogen) atoms. The standard InChI is InChI=1S/C15H14BrClN2O2/c1-9(21-14-5-3-2-4-11(14)16)15(20)19-13-7-6-10(18)8-12(13)17/h2-9H,18H2,1H3,(H,19,20). The fourth-order valence-electron chi connectivity index (χ4n) is 1.65. The molecule has 0 saturated carbocycles. The Morgan fingerprint density at radius 2 is 2.05 bits per heavy atom. The molecule has 0 heterocycles. The van der Waals surface area contributed by atoms with Gasteiger partial charge in [0.1, 0.15) is 5.75 Å². The minimum Gasteiger partial charge on any atom is -0.480 e. The molecule has 0 aromatic heterocycles. The number of nitrogen functional groups attached to an aromatic ring is 1. The Hall–Kier alpha value is -1.72. The monoisotopic (exact) mass is 368 g/mol. The lowest BCUT2D eigenvalue weighted by Gasteiger charge is -2.16. The first-order valence-electron chi connectivity index (χ1n) is 6.24. The van der Waals surface area contributed by atoms with E-state index in [1.807, 2.05) is 18.2 Å². The van der Waals surface area contributed by atoms with Crippen LogP contribution < -0.4 is 15.8 Å². The van der Waals surface area contributed by atoms with E-state index in [-0.39, 0.29) is 5.91 Å². The molecule has 0 aliphatic heterocycles. The van der Waals surface area contributed by atoms with Gasteiger partial charge in [-0.05, 0) is 53.2 Å². The van der Waals surface area contributed by atoms with E-state index in [2.05, 4.69) is 21.2 Å². The van der Waals surface area contributed by atoms with E-state index in [4.69, 9.17) is 22.1 Å². The number of rotatable bonds is 4. The number of hydrogen-bond acceptors (Lipinski definition) is 3. The first-order chi connectivity index (χ1) is 9.97. The van der Waals surface area contributed by atoms with E-state index >= 15 is 0 Å². The van der Waals surface area contributed by atoms with Gasteiger partial charge in [-0.1, -0.05) is 23.7 Å². The number of hydrogen-bond donors (Lipinski definition) is 2. The van der Waals surface area contributed by atoms with Gasteiger partial charge in [-0.3, -0.25) is 4.79 Å². The molecule has 0 fully saturated rings. The predicted molar refractivity (Wildman–Crippen MR) is 88.7 cm³/mol. The molecule has 0 radical (unpaired) electrons. The summed E-state index contributed by atoms with van der Waals surface area (Å²) in [6, 6.07) is 12.2. The van der Waals surface area contributed by atoms with Crippen molar-refractivity contribution in [3.8, 4) is 5.75 Å². The Kier molecular flexibility index (Phi) is 5.09. The largest absolute Gasteiger partial charge is 0.480 e. The normalized spacial score (nSPS) is 11.8. The topological polar surface area (TPSA) is 64.3 Å². The molecular weight excluding hydrogens is 356 g/mol. The molecule has 6 heteroatoms. The summed E-state index contributed by atoms with van der Waals surface area (Å²) in [4.78, 5) is 12.1. The summed E-state index contributed by atoms with van der Waals surface area (Å²) in [6.07, 6.45) is -0.669. The van der Waals surface area contributed by atoms with E-state index < -0.39 is 6.10 Å². The Balaban J connectivity index is 2.04. The van der Waals surface area contributed by atoms with Gasteiger partial charge in [0.25, 0.3) is 5.91 Å². The highest BCUT2D eigenvalue weighted by molar-refractivity contribution is 9.10. The average Bonchev–Trinajstić information content (AvgIpc) is 2.44. The van der Waals surface area contributed by atoms with Crippen LogP contribution in [0.1, 0.15) is 6.92 Å². The molecule has 0 aliphatic rings. The third-order valence-corrected chi connectivity index (χ3v) is 3.73. The van der Waals surface area contributed by atoms with Crippen LogP contribution in [-0.2, 0) is 4.79 Å². The van der Waals surface area contributed by atoms with Crippen LogP contribution in [0.25, 0.3) is 0 Å². The van der Waals surface area contributed by atoms with Crippen LogP contribution in [0.5, 0.6) is 5.75 Å². The highest BCUT2D eigenvalue weighted by atomic mass is 79.9. The SMILES string of the molecule is CC(Oc1ccccc1Br)C(=O)Nc1ccc(N)cc1Cl. The number of benzene rings is 2. The quantitative estimate of drug-likeness (QED) is 0.798. The molecule has 2 aromatic carbocycles. The minimum absolute atomic E-state index is 0.294. The van der Waals surface area contributed by atoms with E-state index in [0.717, 1.165) is 4.47 Å². The number of anilines is 2. The Morgan fingerprint density at radius 3 is 2.71 bits per heavy atom. The summed E-state index contributed by atoms with van der Waals surface area (Å²) in [5.74, 6) is 0.306. The van der Waals surface area contributed by atoms with Crippen molar-refractivity contribution in [2.45, 2.75) is 13.0 Å². The molecule has 0 bridgehead atoms. The van der Waals surface area contributed by atoms with Crippen molar-refractivity contribution >= 4 is 44.8 Å². The van der Waals surface area contributed by atoms with E-state index in [1.54, 1.807) is 31.2 Å². The van der Waals surface area contributed by atoms with E-state index in [0.29, 0.717) is 22.1 Å². The fourth-order valence-corrected chi connectivity index (χ4v) is 2.27. The highest BCUT2D eigenvalue weighted by Gasteiger charge is 2.17. The van der Waals surface area contributed by atoms with Crippen LogP contribution in [0, 0.1) is 0 Å². The molecule has 2 aromatic rings. The van der Waals surface area contributed by atoms with Gasteiger partial charge >= 0.3 is 0 Å². The van der Waals surface area contributed by atoms with Crippen LogP contribution in [0.3, 0.4) is 0 Å². The summed E-state index contributed by atoms with van der Waals surface area (Å²) in [5.41, 5.74) is 6.65. The summed E-state index contributed by atoms with van der Waals surface area (Å²) in [6.45, 7) is 1.67. The number of carbonyl (C=O) groups excluding carboxylic acids is 1. The molecule has 0 aliphatic carbocycles. The Morgan fingerprint density at radius 1 is 1.33 bits per heavy atom. The van der Waals surface area contributed by atoms with Crippen LogP contribution >= 0.6 is 27.5 Å². The molecule has 3 N–H and O–H groups in total. The average molecular weight is 370 g/mol. The van der Waals surface area contributed by atoms with E-state index in [9.17, 15) is 4.79 Å². The minimum atomic E-state index is -0.669. The molecule has 0 saturated heterocycles. The first-order valence-corrected chi connectivity index (χ1v) is 7.41. The Bertz CT molecular complexity index is 664. The number of para-hydroxylation sites is 1. The van der Waals surface area contributed by atoms with Gasteiger partial charge < -0.3 is 15.8 Å².